The van der Waals surface area contributed by atoms with E-state index in [0.29, 0.717) is 22.8 Å². The van der Waals surface area contributed by atoms with E-state index in [0.717, 1.165) is 6.54 Å². The molecule has 0 aromatic heterocycles. The second-order valence-corrected chi connectivity index (χ2v) is 4.24. The third kappa shape index (κ3) is 3.52. The normalized spacial score (nSPS) is 13.8. The average Bonchev–Trinajstić information content (AvgIpc) is 2.45. The van der Waals surface area contributed by atoms with Crippen molar-refractivity contribution < 1.29 is 19.3 Å². The van der Waals surface area contributed by atoms with Gasteiger partial charge in [-0.2, -0.15) is 0 Å². The molecule has 5 heteroatoms. The lowest BCUT2D eigenvalue weighted by Gasteiger charge is -2.23. The summed E-state index contributed by atoms with van der Waals surface area (Å²) in [4.78, 5) is 0. The number of hydrogen-bond donors (Lipinski definition) is 2. The maximum absolute atomic E-state index is 10.4. The standard InChI is InChI=1S/C14H23NO4/c1-6-15-9(2)14(16)10-7-12(18-4)13(19-5)8-11(10)17-3/h7-9,14-16H,6H2,1-5H3. The SMILES string of the molecule is CCNC(C)C(O)c1cc(OC)c(OC)cc1OC. The minimum Gasteiger partial charge on any atom is -0.496 e. The number of aliphatic hydroxyl groups is 1. The van der Waals surface area contributed by atoms with Gasteiger partial charge in [0.25, 0.3) is 0 Å². The monoisotopic (exact) mass is 269 g/mol. The number of methoxy groups -OCH3 is 3. The van der Waals surface area contributed by atoms with Crippen molar-refractivity contribution in [1.82, 2.24) is 5.32 Å². The van der Waals surface area contributed by atoms with Crippen molar-refractivity contribution in [3.63, 3.8) is 0 Å². The number of ether oxygens (including phenoxy) is 3. The van der Waals surface area contributed by atoms with Gasteiger partial charge in [-0.25, -0.2) is 0 Å². The second kappa shape index (κ2) is 7.21. The number of likely N-dealkylation sites (N-methyl/N-ethyl adjacent to an activating group) is 1. The first kappa shape index (κ1) is 15.6. The topological polar surface area (TPSA) is 60.0 Å². The summed E-state index contributed by atoms with van der Waals surface area (Å²) in [5.41, 5.74) is 0.675. The summed E-state index contributed by atoms with van der Waals surface area (Å²) < 4.78 is 15.8. The van der Waals surface area contributed by atoms with Crippen molar-refractivity contribution in [3.05, 3.63) is 17.7 Å². The van der Waals surface area contributed by atoms with E-state index in [-0.39, 0.29) is 6.04 Å². The number of benzene rings is 1. The van der Waals surface area contributed by atoms with Gasteiger partial charge in [-0.1, -0.05) is 6.92 Å². The van der Waals surface area contributed by atoms with Crippen LogP contribution in [-0.4, -0.2) is 39.0 Å². The van der Waals surface area contributed by atoms with E-state index in [2.05, 4.69) is 5.32 Å². The third-order valence-corrected chi connectivity index (χ3v) is 3.05. The Kier molecular flexibility index (Phi) is 5.92. The van der Waals surface area contributed by atoms with E-state index in [1.54, 1.807) is 33.5 Å². The van der Waals surface area contributed by atoms with Crippen LogP contribution in [0.2, 0.25) is 0 Å². The molecular weight excluding hydrogens is 246 g/mol. The molecule has 0 aliphatic heterocycles. The highest BCUT2D eigenvalue weighted by Crippen LogP contribution is 2.38. The molecule has 0 aliphatic carbocycles. The van der Waals surface area contributed by atoms with E-state index in [9.17, 15) is 5.11 Å². The number of hydrogen-bond acceptors (Lipinski definition) is 5. The molecule has 0 amide bonds. The molecule has 19 heavy (non-hydrogen) atoms. The van der Waals surface area contributed by atoms with Gasteiger partial charge in [0.05, 0.1) is 27.4 Å². The van der Waals surface area contributed by atoms with Crippen LogP contribution in [0.5, 0.6) is 17.2 Å². The van der Waals surface area contributed by atoms with Crippen LogP contribution >= 0.6 is 0 Å². The van der Waals surface area contributed by atoms with Gasteiger partial charge in [0.1, 0.15) is 5.75 Å². The average molecular weight is 269 g/mol. The largest absolute Gasteiger partial charge is 0.496 e. The van der Waals surface area contributed by atoms with Crippen LogP contribution in [0.15, 0.2) is 12.1 Å². The molecule has 5 nitrogen and oxygen atoms in total. The minimum absolute atomic E-state index is 0.0861. The van der Waals surface area contributed by atoms with Crippen LogP contribution in [0.25, 0.3) is 0 Å². The summed E-state index contributed by atoms with van der Waals surface area (Å²) >= 11 is 0. The molecule has 1 aromatic rings. The molecule has 0 fully saturated rings. The molecule has 0 saturated heterocycles. The van der Waals surface area contributed by atoms with Gasteiger partial charge >= 0.3 is 0 Å². The lowest BCUT2D eigenvalue weighted by atomic mass is 10.0. The van der Waals surface area contributed by atoms with Crippen LogP contribution in [0.1, 0.15) is 25.5 Å². The van der Waals surface area contributed by atoms with Crippen molar-refractivity contribution in [1.29, 1.82) is 0 Å². The first-order chi connectivity index (χ1) is 9.08. The summed E-state index contributed by atoms with van der Waals surface area (Å²) in [5, 5.41) is 13.6. The van der Waals surface area contributed by atoms with Crippen LogP contribution in [-0.2, 0) is 0 Å². The molecule has 1 aromatic carbocycles. The van der Waals surface area contributed by atoms with Gasteiger partial charge in [0.15, 0.2) is 11.5 Å². The van der Waals surface area contributed by atoms with Crippen molar-refractivity contribution in [2.45, 2.75) is 26.0 Å². The maximum atomic E-state index is 10.4. The van der Waals surface area contributed by atoms with Crippen molar-refractivity contribution in [2.75, 3.05) is 27.9 Å². The molecule has 0 heterocycles. The lowest BCUT2D eigenvalue weighted by Crippen LogP contribution is -2.32. The molecule has 2 unspecified atom stereocenters. The molecule has 2 atom stereocenters. The Balaban J connectivity index is 3.17. The van der Waals surface area contributed by atoms with E-state index in [1.807, 2.05) is 13.8 Å². The molecule has 0 radical (unpaired) electrons. The Bertz CT molecular complexity index is 409. The van der Waals surface area contributed by atoms with Crippen LogP contribution in [0.3, 0.4) is 0 Å². The summed E-state index contributed by atoms with van der Waals surface area (Å²) in [6.07, 6.45) is -0.685. The zero-order valence-corrected chi connectivity index (χ0v) is 12.2. The van der Waals surface area contributed by atoms with Gasteiger partial charge in [-0.05, 0) is 19.5 Å². The van der Waals surface area contributed by atoms with Gasteiger partial charge in [0.2, 0.25) is 0 Å². The second-order valence-electron chi connectivity index (χ2n) is 4.24. The van der Waals surface area contributed by atoms with Gasteiger partial charge in [-0.15, -0.1) is 0 Å². The molecule has 2 N–H and O–H groups in total. The Labute approximate surface area is 114 Å². The molecule has 0 spiro atoms. The Morgan fingerprint density at radius 1 is 1.05 bits per heavy atom. The fourth-order valence-corrected chi connectivity index (χ4v) is 1.99. The van der Waals surface area contributed by atoms with E-state index < -0.39 is 6.10 Å². The lowest BCUT2D eigenvalue weighted by molar-refractivity contribution is 0.133. The van der Waals surface area contributed by atoms with Crippen LogP contribution in [0.4, 0.5) is 0 Å². The minimum atomic E-state index is -0.685. The van der Waals surface area contributed by atoms with E-state index >= 15 is 0 Å². The Hall–Kier alpha value is -1.46. The summed E-state index contributed by atoms with van der Waals surface area (Å²) in [7, 11) is 4.69. The van der Waals surface area contributed by atoms with Crippen molar-refractivity contribution in [2.24, 2.45) is 0 Å². The predicted molar refractivity (Wildman–Crippen MR) is 74.2 cm³/mol. The Morgan fingerprint density at radius 3 is 2.05 bits per heavy atom. The quantitative estimate of drug-likeness (QED) is 0.789. The molecule has 108 valence electrons. The van der Waals surface area contributed by atoms with Crippen molar-refractivity contribution in [3.8, 4) is 17.2 Å². The zero-order valence-electron chi connectivity index (χ0n) is 12.2. The highest BCUT2D eigenvalue weighted by molar-refractivity contribution is 5.51. The number of aliphatic hydroxyl groups excluding tert-OH is 1. The molecule has 1 rings (SSSR count). The molecule has 0 bridgehead atoms. The highest BCUT2D eigenvalue weighted by Gasteiger charge is 2.22. The summed E-state index contributed by atoms with van der Waals surface area (Å²) in [6.45, 7) is 4.70. The number of rotatable bonds is 7. The van der Waals surface area contributed by atoms with Gasteiger partial charge in [0, 0.05) is 17.7 Å². The van der Waals surface area contributed by atoms with Crippen LogP contribution in [0, 0.1) is 0 Å². The fourth-order valence-electron chi connectivity index (χ4n) is 1.99. The van der Waals surface area contributed by atoms with E-state index in [4.69, 9.17) is 14.2 Å². The third-order valence-electron chi connectivity index (χ3n) is 3.05. The zero-order chi connectivity index (χ0) is 14.4. The first-order valence-corrected chi connectivity index (χ1v) is 6.30. The molecular formula is C14H23NO4. The smallest absolute Gasteiger partial charge is 0.164 e. The summed E-state index contributed by atoms with van der Waals surface area (Å²) in [6, 6.07) is 3.38. The van der Waals surface area contributed by atoms with Gasteiger partial charge in [-0.3, -0.25) is 0 Å². The number of nitrogens with one attached hydrogen (secondary N) is 1. The van der Waals surface area contributed by atoms with E-state index in [1.165, 1.54) is 0 Å². The summed E-state index contributed by atoms with van der Waals surface area (Å²) in [5.74, 6) is 1.72. The first-order valence-electron chi connectivity index (χ1n) is 6.30. The molecule has 0 saturated carbocycles. The molecule has 0 aliphatic rings. The highest BCUT2D eigenvalue weighted by atomic mass is 16.5. The van der Waals surface area contributed by atoms with Crippen LogP contribution < -0.4 is 19.5 Å². The predicted octanol–water partition coefficient (Wildman–Crippen LogP) is 1.74. The fraction of sp³-hybridized carbons (Fsp3) is 0.571. The maximum Gasteiger partial charge on any atom is 0.164 e. The van der Waals surface area contributed by atoms with Gasteiger partial charge < -0.3 is 24.6 Å². The van der Waals surface area contributed by atoms with Crippen molar-refractivity contribution >= 4 is 0 Å². The Morgan fingerprint density at radius 2 is 1.58 bits per heavy atom.